The molecular weight excluding hydrogens is 196 g/mol. The van der Waals surface area contributed by atoms with E-state index in [0.29, 0.717) is 0 Å². The number of piperidine rings is 1. The van der Waals surface area contributed by atoms with Crippen LogP contribution in [0.5, 0.6) is 0 Å². The molecule has 0 aromatic rings. The van der Waals surface area contributed by atoms with Gasteiger partial charge < -0.3 is 10.6 Å². The summed E-state index contributed by atoms with van der Waals surface area (Å²) in [5.41, 5.74) is 0.764. The van der Waals surface area contributed by atoms with Crippen LogP contribution in [0.4, 0.5) is 0 Å². The second-order valence-electron chi connectivity index (χ2n) is 6.55. The average molecular weight is 222 g/mol. The second-order valence-corrected chi connectivity index (χ2v) is 6.55. The standard InChI is InChI=1S/C14H26N2/c1-11-4-7-16-13(8-11)9-15-10-14(5-6-14)12-2-3-12/h11-13,15-16H,2-10H2,1H3. The van der Waals surface area contributed by atoms with Gasteiger partial charge in [0.15, 0.2) is 0 Å². The zero-order valence-corrected chi connectivity index (χ0v) is 10.6. The van der Waals surface area contributed by atoms with E-state index in [4.69, 9.17) is 0 Å². The minimum Gasteiger partial charge on any atom is -0.315 e. The zero-order valence-electron chi connectivity index (χ0n) is 10.6. The molecule has 92 valence electrons. The molecule has 1 saturated heterocycles. The highest BCUT2D eigenvalue weighted by Crippen LogP contribution is 2.60. The van der Waals surface area contributed by atoms with Crippen LogP contribution in [-0.2, 0) is 0 Å². The van der Waals surface area contributed by atoms with Crippen molar-refractivity contribution in [1.29, 1.82) is 0 Å². The molecule has 3 fully saturated rings. The summed E-state index contributed by atoms with van der Waals surface area (Å²) in [7, 11) is 0. The van der Waals surface area contributed by atoms with Crippen molar-refractivity contribution < 1.29 is 0 Å². The van der Waals surface area contributed by atoms with Crippen LogP contribution in [0.25, 0.3) is 0 Å². The minimum atomic E-state index is 0.735. The molecule has 0 radical (unpaired) electrons. The molecule has 0 amide bonds. The van der Waals surface area contributed by atoms with Gasteiger partial charge in [0, 0.05) is 19.1 Å². The van der Waals surface area contributed by atoms with E-state index >= 15 is 0 Å². The number of hydrogen-bond donors (Lipinski definition) is 2. The molecule has 0 aromatic carbocycles. The lowest BCUT2D eigenvalue weighted by Crippen LogP contribution is -2.45. The van der Waals surface area contributed by atoms with Crippen molar-refractivity contribution in [2.24, 2.45) is 17.3 Å². The molecule has 2 unspecified atom stereocenters. The van der Waals surface area contributed by atoms with Crippen molar-refractivity contribution in [1.82, 2.24) is 10.6 Å². The molecule has 2 nitrogen and oxygen atoms in total. The Morgan fingerprint density at radius 2 is 2.06 bits per heavy atom. The average Bonchev–Trinajstić information content (AvgIpc) is 3.13. The van der Waals surface area contributed by atoms with Gasteiger partial charge in [-0.3, -0.25) is 0 Å². The molecule has 2 N–H and O–H groups in total. The normalized spacial score (nSPS) is 37.3. The van der Waals surface area contributed by atoms with Crippen molar-refractivity contribution >= 4 is 0 Å². The van der Waals surface area contributed by atoms with Crippen molar-refractivity contribution in [3.63, 3.8) is 0 Å². The van der Waals surface area contributed by atoms with Crippen molar-refractivity contribution in [2.45, 2.75) is 51.5 Å². The quantitative estimate of drug-likeness (QED) is 0.745. The lowest BCUT2D eigenvalue weighted by Gasteiger charge is -2.29. The van der Waals surface area contributed by atoms with Crippen molar-refractivity contribution in [3.8, 4) is 0 Å². The third-order valence-electron chi connectivity index (χ3n) is 4.96. The molecule has 3 rings (SSSR count). The second kappa shape index (κ2) is 4.30. The molecule has 2 aliphatic carbocycles. The molecule has 1 aliphatic heterocycles. The van der Waals surface area contributed by atoms with E-state index in [1.165, 1.54) is 58.2 Å². The van der Waals surface area contributed by atoms with Gasteiger partial charge in [-0.2, -0.15) is 0 Å². The number of hydrogen-bond acceptors (Lipinski definition) is 2. The molecule has 0 bridgehead atoms. The molecule has 2 saturated carbocycles. The van der Waals surface area contributed by atoms with E-state index in [1.807, 2.05) is 0 Å². The van der Waals surface area contributed by atoms with Crippen LogP contribution >= 0.6 is 0 Å². The first kappa shape index (κ1) is 11.0. The molecule has 1 heterocycles. The first-order valence-electron chi connectivity index (χ1n) is 7.23. The van der Waals surface area contributed by atoms with Gasteiger partial charge in [-0.25, -0.2) is 0 Å². The fourth-order valence-electron chi connectivity index (χ4n) is 3.46. The van der Waals surface area contributed by atoms with Crippen LogP contribution in [0.2, 0.25) is 0 Å². The van der Waals surface area contributed by atoms with Gasteiger partial charge >= 0.3 is 0 Å². The monoisotopic (exact) mass is 222 g/mol. The largest absolute Gasteiger partial charge is 0.315 e. The summed E-state index contributed by atoms with van der Waals surface area (Å²) in [5, 5.41) is 7.38. The maximum Gasteiger partial charge on any atom is 0.0195 e. The van der Waals surface area contributed by atoms with Gasteiger partial charge in [-0.15, -0.1) is 0 Å². The van der Waals surface area contributed by atoms with E-state index < -0.39 is 0 Å². The molecule has 2 heteroatoms. The molecule has 2 atom stereocenters. The van der Waals surface area contributed by atoms with Crippen LogP contribution in [0, 0.1) is 17.3 Å². The first-order chi connectivity index (χ1) is 7.78. The van der Waals surface area contributed by atoms with Crippen molar-refractivity contribution in [2.75, 3.05) is 19.6 Å². The zero-order chi connectivity index (χ0) is 11.0. The summed E-state index contributed by atoms with van der Waals surface area (Å²) < 4.78 is 0. The molecule has 16 heavy (non-hydrogen) atoms. The van der Waals surface area contributed by atoms with E-state index in [2.05, 4.69) is 17.6 Å². The minimum absolute atomic E-state index is 0.735. The Bertz CT molecular complexity index is 243. The highest BCUT2D eigenvalue weighted by Gasteiger charge is 2.53. The van der Waals surface area contributed by atoms with E-state index in [-0.39, 0.29) is 0 Å². The summed E-state index contributed by atoms with van der Waals surface area (Å²) in [4.78, 5) is 0. The Morgan fingerprint density at radius 3 is 2.69 bits per heavy atom. The Balaban J connectivity index is 1.36. The lowest BCUT2D eigenvalue weighted by molar-refractivity contribution is 0.299. The van der Waals surface area contributed by atoms with Gasteiger partial charge in [0.25, 0.3) is 0 Å². The summed E-state index contributed by atoms with van der Waals surface area (Å²) in [6, 6.07) is 0.735. The van der Waals surface area contributed by atoms with Crippen LogP contribution in [0.1, 0.15) is 45.4 Å². The maximum absolute atomic E-state index is 3.74. The number of nitrogens with one attached hydrogen (secondary N) is 2. The van der Waals surface area contributed by atoms with Crippen LogP contribution in [0.15, 0.2) is 0 Å². The van der Waals surface area contributed by atoms with Gasteiger partial charge in [-0.1, -0.05) is 6.92 Å². The predicted octanol–water partition coefficient (Wildman–Crippen LogP) is 2.15. The van der Waals surface area contributed by atoms with Gasteiger partial charge in [0.2, 0.25) is 0 Å². The fraction of sp³-hybridized carbons (Fsp3) is 1.00. The molecule has 0 aromatic heterocycles. The van der Waals surface area contributed by atoms with E-state index in [0.717, 1.165) is 23.3 Å². The highest BCUT2D eigenvalue weighted by molar-refractivity contribution is 5.05. The Kier molecular flexibility index (Phi) is 2.97. The van der Waals surface area contributed by atoms with Crippen LogP contribution in [0.3, 0.4) is 0 Å². The first-order valence-corrected chi connectivity index (χ1v) is 7.23. The van der Waals surface area contributed by atoms with Gasteiger partial charge in [0.1, 0.15) is 0 Å². The smallest absolute Gasteiger partial charge is 0.0195 e. The predicted molar refractivity (Wildman–Crippen MR) is 67.4 cm³/mol. The third-order valence-corrected chi connectivity index (χ3v) is 4.96. The maximum atomic E-state index is 3.74. The van der Waals surface area contributed by atoms with Gasteiger partial charge in [0.05, 0.1) is 0 Å². The van der Waals surface area contributed by atoms with Crippen molar-refractivity contribution in [3.05, 3.63) is 0 Å². The molecule has 3 aliphatic rings. The Labute approximate surface area is 99.6 Å². The topological polar surface area (TPSA) is 24.1 Å². The van der Waals surface area contributed by atoms with E-state index in [1.54, 1.807) is 0 Å². The van der Waals surface area contributed by atoms with Crippen LogP contribution in [-0.4, -0.2) is 25.7 Å². The lowest BCUT2D eigenvalue weighted by atomic mass is 9.94. The summed E-state index contributed by atoms with van der Waals surface area (Å²) in [5.74, 6) is 2.02. The fourth-order valence-corrected chi connectivity index (χ4v) is 3.46. The Hall–Kier alpha value is -0.0800. The molecular formula is C14H26N2. The highest BCUT2D eigenvalue weighted by atomic mass is 15.0. The number of rotatable bonds is 5. The molecule has 0 spiro atoms. The third kappa shape index (κ3) is 2.43. The van der Waals surface area contributed by atoms with Gasteiger partial charge in [-0.05, 0) is 62.3 Å². The Morgan fingerprint density at radius 1 is 1.25 bits per heavy atom. The summed E-state index contributed by atoms with van der Waals surface area (Å²) >= 11 is 0. The SMILES string of the molecule is CC1CCNC(CNCC2(C3CC3)CC2)C1. The summed E-state index contributed by atoms with van der Waals surface area (Å²) in [6.07, 6.45) is 8.76. The summed E-state index contributed by atoms with van der Waals surface area (Å²) in [6.45, 7) is 6.10. The van der Waals surface area contributed by atoms with E-state index in [9.17, 15) is 0 Å². The van der Waals surface area contributed by atoms with Crippen LogP contribution < -0.4 is 10.6 Å².